The van der Waals surface area contributed by atoms with E-state index < -0.39 is 22.4 Å². The highest BCUT2D eigenvalue weighted by molar-refractivity contribution is 5.92. The average molecular weight is 423 g/mol. The van der Waals surface area contributed by atoms with Crippen molar-refractivity contribution in [2.45, 2.75) is 39.2 Å². The van der Waals surface area contributed by atoms with Gasteiger partial charge in [-0.25, -0.2) is 9.18 Å². The van der Waals surface area contributed by atoms with E-state index in [1.807, 2.05) is 20.8 Å². The second-order valence-corrected chi connectivity index (χ2v) is 9.00. The second kappa shape index (κ2) is 7.89. The van der Waals surface area contributed by atoms with Crippen molar-refractivity contribution in [3.05, 3.63) is 65.0 Å². The predicted molar refractivity (Wildman–Crippen MR) is 116 cm³/mol. The zero-order valence-corrected chi connectivity index (χ0v) is 17.9. The van der Waals surface area contributed by atoms with Crippen LogP contribution in [-0.2, 0) is 10.3 Å². The molecule has 3 aromatic rings. The first-order valence-electron chi connectivity index (χ1n) is 10.4. The van der Waals surface area contributed by atoms with E-state index in [0.717, 1.165) is 0 Å². The topological polar surface area (TPSA) is 77.1 Å². The number of nitrogens with one attached hydrogen (secondary N) is 1. The Balaban J connectivity index is 2.04. The summed E-state index contributed by atoms with van der Waals surface area (Å²) in [6, 6.07) is 9.29. The number of Topliss-reactive ketones (excluding diaryl/α,β-unsaturated/α-hetero) is 1. The normalized spacial score (nSPS) is 16.3. The summed E-state index contributed by atoms with van der Waals surface area (Å²) in [5.41, 5.74) is -0.124. The highest BCUT2D eigenvalue weighted by Crippen LogP contribution is 2.41. The van der Waals surface area contributed by atoms with Crippen LogP contribution >= 0.6 is 0 Å². The predicted octanol–water partition coefficient (Wildman–Crippen LogP) is 4.00. The van der Waals surface area contributed by atoms with Crippen molar-refractivity contribution >= 4 is 5.78 Å². The summed E-state index contributed by atoms with van der Waals surface area (Å²) in [5, 5.41) is 3.30. The third-order valence-corrected chi connectivity index (χ3v) is 5.83. The molecule has 1 fully saturated rings. The number of pyridine rings is 1. The lowest BCUT2D eigenvalue weighted by molar-refractivity contribution is -0.140. The van der Waals surface area contributed by atoms with Crippen LogP contribution < -0.4 is 10.9 Å². The first-order chi connectivity index (χ1) is 14.7. The van der Waals surface area contributed by atoms with Crippen LogP contribution in [-0.4, -0.2) is 28.6 Å². The fourth-order valence-corrected chi connectivity index (χ4v) is 4.38. The summed E-state index contributed by atoms with van der Waals surface area (Å²) < 4.78 is 20.9. The molecule has 1 saturated heterocycles. The summed E-state index contributed by atoms with van der Waals surface area (Å²) in [5.74, 6) is -0.378. The molecule has 0 unspecified atom stereocenters. The highest BCUT2D eigenvalue weighted by Gasteiger charge is 2.49. The van der Waals surface area contributed by atoms with Gasteiger partial charge in [-0.3, -0.25) is 9.78 Å². The van der Waals surface area contributed by atoms with Crippen LogP contribution in [0.25, 0.3) is 22.4 Å². The number of rotatable bonds is 4. The van der Waals surface area contributed by atoms with Crippen molar-refractivity contribution in [3.8, 4) is 22.4 Å². The smallest absolute Gasteiger partial charge is 0.334 e. The van der Waals surface area contributed by atoms with Crippen molar-refractivity contribution in [2.75, 3.05) is 13.1 Å². The van der Waals surface area contributed by atoms with Crippen LogP contribution in [0.1, 0.15) is 33.6 Å². The molecule has 0 atom stereocenters. The van der Waals surface area contributed by atoms with Crippen LogP contribution in [0.15, 0.2) is 58.1 Å². The van der Waals surface area contributed by atoms with E-state index in [9.17, 15) is 14.0 Å². The minimum atomic E-state index is -1.00. The molecule has 1 N–H and O–H groups in total. The molecule has 2 aromatic heterocycles. The van der Waals surface area contributed by atoms with Crippen molar-refractivity contribution in [1.29, 1.82) is 0 Å². The Labute approximate surface area is 180 Å². The number of carbonyl (C=O) groups is 1. The number of hydrogen-bond donors (Lipinski definition) is 1. The van der Waals surface area contributed by atoms with Gasteiger partial charge in [0.25, 0.3) is 0 Å². The number of halogens is 1. The van der Waals surface area contributed by atoms with Crippen LogP contribution in [0.2, 0.25) is 0 Å². The lowest BCUT2D eigenvalue weighted by Crippen LogP contribution is -2.53. The fraction of sp³-hybridized carbons (Fsp3) is 0.375. The summed E-state index contributed by atoms with van der Waals surface area (Å²) in [7, 11) is 0. The molecule has 0 bridgehead atoms. The van der Waals surface area contributed by atoms with Gasteiger partial charge < -0.3 is 9.84 Å². The van der Waals surface area contributed by atoms with Gasteiger partial charge in [0.15, 0.2) is 5.78 Å². The monoisotopic (exact) mass is 423 g/mol. The van der Waals surface area contributed by atoms with Gasteiger partial charge in [0, 0.05) is 23.4 Å². The molecule has 6 nitrogen and oxygen atoms in total. The molecule has 0 aliphatic carbocycles. The van der Waals surface area contributed by atoms with Gasteiger partial charge in [0.2, 0.25) is 0 Å². The summed E-state index contributed by atoms with van der Waals surface area (Å²) in [4.78, 5) is 31.0. The van der Waals surface area contributed by atoms with Gasteiger partial charge >= 0.3 is 5.63 Å². The molecule has 3 heterocycles. The van der Waals surface area contributed by atoms with Crippen molar-refractivity contribution in [3.63, 3.8) is 0 Å². The Morgan fingerprint density at radius 1 is 1.06 bits per heavy atom. The first kappa shape index (κ1) is 21.2. The quantitative estimate of drug-likeness (QED) is 0.686. The van der Waals surface area contributed by atoms with Crippen LogP contribution in [0.3, 0.4) is 0 Å². The molecule has 4 rings (SSSR count). The van der Waals surface area contributed by atoms with E-state index in [0.29, 0.717) is 48.3 Å². The fourth-order valence-electron chi connectivity index (χ4n) is 4.38. The largest absolute Gasteiger partial charge is 0.366 e. The van der Waals surface area contributed by atoms with Crippen molar-refractivity contribution in [2.24, 2.45) is 5.41 Å². The van der Waals surface area contributed by atoms with Crippen LogP contribution in [0.5, 0.6) is 0 Å². The molecule has 31 heavy (non-hydrogen) atoms. The maximum Gasteiger partial charge on any atom is 0.366 e. The van der Waals surface area contributed by atoms with Gasteiger partial charge in [-0.05, 0) is 55.8 Å². The third-order valence-electron chi connectivity index (χ3n) is 5.83. The Morgan fingerprint density at radius 3 is 2.26 bits per heavy atom. The van der Waals surface area contributed by atoms with Gasteiger partial charge in [-0.15, -0.1) is 0 Å². The van der Waals surface area contributed by atoms with Crippen LogP contribution in [0.4, 0.5) is 4.39 Å². The molecular formula is C24H26FN3O3. The van der Waals surface area contributed by atoms with Crippen LogP contribution in [0, 0.1) is 11.2 Å². The number of hydrogen-bond acceptors (Lipinski definition) is 5. The molecule has 162 valence electrons. The summed E-state index contributed by atoms with van der Waals surface area (Å²) >= 11 is 0. The van der Waals surface area contributed by atoms with Crippen molar-refractivity contribution < 1.29 is 13.7 Å². The lowest BCUT2D eigenvalue weighted by atomic mass is 9.73. The molecule has 7 heteroatoms. The molecular weight excluding hydrogens is 397 g/mol. The molecule has 1 aliphatic heterocycles. The van der Waals surface area contributed by atoms with E-state index in [-0.39, 0.29) is 5.78 Å². The Hall–Kier alpha value is -3.06. The molecule has 1 aliphatic rings. The van der Waals surface area contributed by atoms with Gasteiger partial charge in [-0.1, -0.05) is 32.9 Å². The van der Waals surface area contributed by atoms with Crippen molar-refractivity contribution in [1.82, 2.24) is 15.0 Å². The first-order valence-corrected chi connectivity index (χ1v) is 10.4. The van der Waals surface area contributed by atoms with E-state index in [1.54, 1.807) is 36.7 Å². The maximum atomic E-state index is 13.8. The number of benzene rings is 1. The van der Waals surface area contributed by atoms with Gasteiger partial charge in [-0.2, -0.15) is 4.74 Å². The van der Waals surface area contributed by atoms with Gasteiger partial charge in [0.1, 0.15) is 11.4 Å². The van der Waals surface area contributed by atoms with E-state index >= 15 is 0 Å². The molecule has 0 amide bonds. The number of aromatic nitrogens is 2. The Morgan fingerprint density at radius 2 is 1.68 bits per heavy atom. The van der Waals surface area contributed by atoms with E-state index in [1.165, 1.54) is 16.9 Å². The van der Waals surface area contributed by atoms with Gasteiger partial charge in [0.05, 0.1) is 11.3 Å². The highest BCUT2D eigenvalue weighted by atomic mass is 19.1. The average Bonchev–Trinajstić information content (AvgIpc) is 3.12. The summed E-state index contributed by atoms with van der Waals surface area (Å²) in [6.07, 6.45) is 4.27. The summed E-state index contributed by atoms with van der Waals surface area (Å²) in [6.45, 7) is 6.91. The molecule has 1 aromatic carbocycles. The number of nitrogens with zero attached hydrogens (tertiary/aromatic N) is 2. The SMILES string of the molecule is CC(C)(C)C(=O)C1(n2oc(=O)c(-c3ccc(F)cc3)c2-c2ccncc2)CCNCC1. The second-order valence-electron chi connectivity index (χ2n) is 9.00. The standard InChI is InChI=1S/C24H26FN3O3/c1-23(2,3)22(30)24(10-14-27-15-11-24)28-20(17-8-12-26-13-9-17)19(21(29)31-28)16-4-6-18(25)7-5-16/h4-9,12-13,27H,10-11,14-15H2,1-3H3. The van der Waals surface area contributed by atoms with E-state index in [2.05, 4.69) is 10.3 Å². The molecule has 0 radical (unpaired) electrons. The zero-order valence-electron chi connectivity index (χ0n) is 17.9. The number of piperidine rings is 1. The minimum Gasteiger partial charge on any atom is -0.334 e. The Kier molecular flexibility index (Phi) is 5.39. The minimum absolute atomic E-state index is 0.0150. The number of ketones is 1. The molecule has 0 saturated carbocycles. The molecule has 0 spiro atoms. The van der Waals surface area contributed by atoms with E-state index in [4.69, 9.17) is 4.52 Å². The maximum absolute atomic E-state index is 13.8. The lowest BCUT2D eigenvalue weighted by Gasteiger charge is -2.40. The number of carbonyl (C=O) groups excluding carboxylic acids is 1. The zero-order chi connectivity index (χ0) is 22.2. The third kappa shape index (κ3) is 3.74. The Bertz CT molecular complexity index is 1140.